The topological polar surface area (TPSA) is 133 Å². The fraction of sp³-hybridized carbons (Fsp3) is 0.250. The highest BCUT2D eigenvalue weighted by atomic mass is 19.1. The molecule has 8 nitrogen and oxygen atoms in total. The molecule has 4 N–H and O–H groups in total. The first-order valence-electron chi connectivity index (χ1n) is 13.5. The van der Waals surface area contributed by atoms with Gasteiger partial charge in [-0.05, 0) is 78.9 Å². The molecule has 41 heavy (non-hydrogen) atoms. The van der Waals surface area contributed by atoms with E-state index in [2.05, 4.69) is 21.8 Å². The first-order chi connectivity index (χ1) is 19.9. The summed E-state index contributed by atoms with van der Waals surface area (Å²) in [6.45, 7) is 0.299. The number of amides is 1. The lowest BCUT2D eigenvalue weighted by molar-refractivity contribution is 0.101. The molecule has 0 saturated heterocycles. The number of carbonyl (C=O) groups excluding carboxylic acids is 1. The van der Waals surface area contributed by atoms with Crippen molar-refractivity contribution in [2.45, 2.75) is 37.8 Å². The summed E-state index contributed by atoms with van der Waals surface area (Å²) >= 11 is 0. The minimum atomic E-state index is -0.665. The molecule has 1 fully saturated rings. The van der Waals surface area contributed by atoms with Crippen LogP contribution in [0, 0.1) is 34.4 Å². The van der Waals surface area contributed by atoms with E-state index in [9.17, 15) is 15.3 Å². The number of halogens is 1. The molecule has 4 aromatic rings. The summed E-state index contributed by atoms with van der Waals surface area (Å²) in [6, 6.07) is 24.8. The molecule has 1 amide bonds. The van der Waals surface area contributed by atoms with Crippen LogP contribution in [0.1, 0.15) is 64.1 Å². The molecule has 206 valence electrons. The summed E-state index contributed by atoms with van der Waals surface area (Å²) in [6.07, 6.45) is 4.14. The lowest BCUT2D eigenvalue weighted by Gasteiger charge is -2.36. The Morgan fingerprint density at radius 1 is 1.07 bits per heavy atom. The largest absolute Gasteiger partial charge is 0.326 e. The fourth-order valence-electron chi connectivity index (χ4n) is 5.21. The fourth-order valence-corrected chi connectivity index (χ4v) is 5.21. The van der Waals surface area contributed by atoms with Gasteiger partial charge in [-0.15, -0.1) is 0 Å². The van der Waals surface area contributed by atoms with Gasteiger partial charge in [-0.1, -0.05) is 43.2 Å². The third-order valence-electron chi connectivity index (χ3n) is 7.71. The van der Waals surface area contributed by atoms with Crippen molar-refractivity contribution in [3.63, 3.8) is 0 Å². The summed E-state index contributed by atoms with van der Waals surface area (Å²) < 4.78 is 16.6. The van der Waals surface area contributed by atoms with Crippen LogP contribution >= 0.6 is 0 Å². The highest BCUT2D eigenvalue weighted by Crippen LogP contribution is 2.41. The Kier molecular flexibility index (Phi) is 7.93. The number of nitriles is 2. The first kappa shape index (κ1) is 27.7. The number of hydrogen-bond acceptors (Lipinski definition) is 6. The normalized spacial score (nSPS) is 14.1. The molecule has 0 aliphatic heterocycles. The van der Waals surface area contributed by atoms with Gasteiger partial charge in [0, 0.05) is 12.6 Å². The van der Waals surface area contributed by atoms with Crippen LogP contribution in [0.2, 0.25) is 0 Å². The number of nitrogens with two attached hydrogens (primary N) is 1. The second-order valence-corrected chi connectivity index (χ2v) is 10.3. The maximum atomic E-state index is 15.2. The van der Waals surface area contributed by atoms with Gasteiger partial charge < -0.3 is 16.4 Å². The molecular weight excluding hydrogens is 517 g/mol. The van der Waals surface area contributed by atoms with Crippen LogP contribution in [0.5, 0.6) is 0 Å². The van der Waals surface area contributed by atoms with E-state index in [1.54, 1.807) is 42.5 Å². The zero-order valence-electron chi connectivity index (χ0n) is 22.7. The summed E-state index contributed by atoms with van der Waals surface area (Å²) in [4.78, 5) is 13.5. The van der Waals surface area contributed by atoms with Gasteiger partial charge >= 0.3 is 0 Å². The molecule has 1 heterocycles. The van der Waals surface area contributed by atoms with Crippen molar-refractivity contribution >= 4 is 11.6 Å². The van der Waals surface area contributed by atoms with Crippen molar-refractivity contribution in [3.8, 4) is 17.8 Å². The molecule has 0 bridgehead atoms. The standard InChI is InChI=1S/C32H30FN7O/c1-37-32(14-13-21-5-6-21,24-9-7-22(18-34)8-10-24)25-11-12-28(33)29(16-25)38-31(41)30-17-26(20-36)39-40(30)27-4-2-3-23(15-27)19-35/h2-4,7-12,15-17,21,37H,5-6,13-14,19,35H2,1H3,(H,38,41). The van der Waals surface area contributed by atoms with Crippen LogP contribution in [-0.2, 0) is 12.1 Å². The van der Waals surface area contributed by atoms with Gasteiger partial charge in [0.25, 0.3) is 5.91 Å². The van der Waals surface area contributed by atoms with Gasteiger partial charge in [-0.25, -0.2) is 9.07 Å². The molecule has 1 aromatic heterocycles. The van der Waals surface area contributed by atoms with Crippen LogP contribution in [0.15, 0.2) is 72.8 Å². The Morgan fingerprint density at radius 2 is 1.83 bits per heavy atom. The molecule has 9 heteroatoms. The van der Waals surface area contributed by atoms with Gasteiger partial charge in [-0.3, -0.25) is 4.79 Å². The van der Waals surface area contributed by atoms with E-state index in [1.165, 1.54) is 29.7 Å². The van der Waals surface area contributed by atoms with Crippen molar-refractivity contribution in [1.29, 1.82) is 10.5 Å². The SMILES string of the molecule is CNC(CCC1CC1)(c1ccc(C#N)cc1)c1ccc(F)c(NC(=O)c2cc(C#N)nn2-c2cccc(CN)c2)c1. The molecule has 0 radical (unpaired) electrons. The predicted molar refractivity (Wildman–Crippen MR) is 153 cm³/mol. The summed E-state index contributed by atoms with van der Waals surface area (Å²) in [5.74, 6) is -0.543. The van der Waals surface area contributed by atoms with Crippen molar-refractivity contribution < 1.29 is 9.18 Å². The molecule has 1 atom stereocenters. The van der Waals surface area contributed by atoms with Crippen LogP contribution in [0.25, 0.3) is 5.69 Å². The Morgan fingerprint density at radius 3 is 2.49 bits per heavy atom. The predicted octanol–water partition coefficient (Wildman–Crippen LogP) is 5.12. The quantitative estimate of drug-likeness (QED) is 0.252. The summed E-state index contributed by atoms with van der Waals surface area (Å²) in [7, 11) is 1.87. The first-order valence-corrected chi connectivity index (χ1v) is 13.5. The number of nitrogens with one attached hydrogen (secondary N) is 2. The molecule has 3 aromatic carbocycles. The highest BCUT2D eigenvalue weighted by molar-refractivity contribution is 6.03. The van der Waals surface area contributed by atoms with Crippen molar-refractivity contribution in [1.82, 2.24) is 15.1 Å². The zero-order chi connectivity index (χ0) is 29.0. The monoisotopic (exact) mass is 547 g/mol. The Bertz CT molecular complexity index is 1660. The molecule has 1 aliphatic carbocycles. The van der Waals surface area contributed by atoms with E-state index in [-0.39, 0.29) is 17.1 Å². The number of hydrogen-bond donors (Lipinski definition) is 3. The second kappa shape index (κ2) is 11.7. The van der Waals surface area contributed by atoms with E-state index in [4.69, 9.17) is 5.73 Å². The van der Waals surface area contributed by atoms with Gasteiger partial charge in [0.1, 0.15) is 17.6 Å². The number of aromatic nitrogens is 2. The van der Waals surface area contributed by atoms with Crippen LogP contribution in [0.3, 0.4) is 0 Å². The maximum Gasteiger partial charge on any atom is 0.274 e. The Labute approximate surface area is 238 Å². The Balaban J connectivity index is 1.52. The van der Waals surface area contributed by atoms with Crippen LogP contribution in [0.4, 0.5) is 10.1 Å². The van der Waals surface area contributed by atoms with Gasteiger partial charge in [0.05, 0.1) is 28.5 Å². The molecule has 1 saturated carbocycles. The summed E-state index contributed by atoms with van der Waals surface area (Å²) in [5.41, 5.74) is 8.93. The number of carbonyl (C=O) groups is 1. The number of benzene rings is 3. The lowest BCUT2D eigenvalue weighted by atomic mass is 9.78. The second-order valence-electron chi connectivity index (χ2n) is 10.3. The average Bonchev–Trinajstić information content (AvgIpc) is 3.74. The Hall–Kier alpha value is -4.83. The highest BCUT2D eigenvalue weighted by Gasteiger charge is 2.35. The van der Waals surface area contributed by atoms with E-state index in [0.717, 1.165) is 29.5 Å². The van der Waals surface area contributed by atoms with Crippen LogP contribution in [-0.4, -0.2) is 22.7 Å². The van der Waals surface area contributed by atoms with E-state index in [1.807, 2.05) is 31.3 Å². The van der Waals surface area contributed by atoms with Gasteiger partial charge in [0.15, 0.2) is 5.69 Å². The molecule has 5 rings (SSSR count). The third kappa shape index (κ3) is 5.73. The number of rotatable bonds is 10. The molecule has 1 unspecified atom stereocenters. The molecule has 1 aliphatic rings. The minimum Gasteiger partial charge on any atom is -0.326 e. The lowest BCUT2D eigenvalue weighted by Crippen LogP contribution is -2.41. The molecule has 0 spiro atoms. The van der Waals surface area contributed by atoms with E-state index >= 15 is 4.39 Å². The smallest absolute Gasteiger partial charge is 0.274 e. The van der Waals surface area contributed by atoms with Crippen molar-refractivity contribution in [2.75, 3.05) is 12.4 Å². The van der Waals surface area contributed by atoms with Crippen LogP contribution < -0.4 is 16.4 Å². The van der Waals surface area contributed by atoms with Gasteiger partial charge in [0.2, 0.25) is 0 Å². The number of nitrogens with zero attached hydrogens (tertiary/aromatic N) is 4. The third-order valence-corrected chi connectivity index (χ3v) is 7.71. The van der Waals surface area contributed by atoms with Crippen molar-refractivity contribution in [3.05, 3.63) is 112 Å². The van der Waals surface area contributed by atoms with Gasteiger partial charge in [-0.2, -0.15) is 15.6 Å². The maximum absolute atomic E-state index is 15.2. The molecular formula is C32H30FN7O. The van der Waals surface area contributed by atoms with Crippen molar-refractivity contribution in [2.24, 2.45) is 11.7 Å². The minimum absolute atomic E-state index is 0.00848. The van der Waals surface area contributed by atoms with E-state index in [0.29, 0.717) is 23.7 Å². The average molecular weight is 548 g/mol. The summed E-state index contributed by atoms with van der Waals surface area (Å²) in [5, 5.41) is 29.2. The van der Waals surface area contributed by atoms with E-state index < -0.39 is 17.3 Å². The zero-order valence-corrected chi connectivity index (χ0v) is 22.7. The number of anilines is 1.